The van der Waals surface area contributed by atoms with Crippen molar-refractivity contribution < 1.29 is 18.0 Å². The maximum atomic E-state index is 12.8. The number of amides is 1. The lowest BCUT2D eigenvalue weighted by atomic mass is 9.87. The van der Waals surface area contributed by atoms with Crippen LogP contribution in [0.3, 0.4) is 0 Å². The number of fused-ring (bicyclic) bond motifs is 1. The summed E-state index contributed by atoms with van der Waals surface area (Å²) >= 11 is 0. The number of aromatic amines is 1. The van der Waals surface area contributed by atoms with Crippen molar-refractivity contribution in [2.75, 3.05) is 0 Å². The largest absolute Gasteiger partial charge is 0.433 e. The molecule has 2 aromatic rings. The second kappa shape index (κ2) is 5.47. The second-order valence-electron chi connectivity index (χ2n) is 5.27. The van der Waals surface area contributed by atoms with Crippen LogP contribution in [0.4, 0.5) is 13.2 Å². The van der Waals surface area contributed by atoms with E-state index in [-0.39, 0.29) is 6.04 Å². The van der Waals surface area contributed by atoms with Gasteiger partial charge in [-0.05, 0) is 30.4 Å². The van der Waals surface area contributed by atoms with Gasteiger partial charge in [0, 0.05) is 0 Å². The molecule has 1 amide bonds. The summed E-state index contributed by atoms with van der Waals surface area (Å²) in [4.78, 5) is 12.2. The van der Waals surface area contributed by atoms with Crippen molar-refractivity contribution in [1.82, 2.24) is 15.5 Å². The van der Waals surface area contributed by atoms with Gasteiger partial charge in [-0.15, -0.1) is 0 Å². The van der Waals surface area contributed by atoms with Gasteiger partial charge in [-0.3, -0.25) is 9.89 Å². The first-order chi connectivity index (χ1) is 10.5. The molecule has 0 saturated heterocycles. The summed E-state index contributed by atoms with van der Waals surface area (Å²) in [6.07, 6.45) is -1.20. The molecule has 1 heterocycles. The minimum atomic E-state index is -4.63. The Morgan fingerprint density at radius 3 is 2.86 bits per heavy atom. The highest BCUT2D eigenvalue weighted by Gasteiger charge is 2.38. The normalized spacial score (nSPS) is 17.9. The molecule has 0 radical (unpaired) electrons. The van der Waals surface area contributed by atoms with Crippen molar-refractivity contribution in [2.45, 2.75) is 31.5 Å². The van der Waals surface area contributed by atoms with Crippen LogP contribution in [-0.2, 0) is 12.6 Å². The van der Waals surface area contributed by atoms with Crippen molar-refractivity contribution in [3.63, 3.8) is 0 Å². The smallest absolute Gasteiger partial charge is 0.345 e. The van der Waals surface area contributed by atoms with Crippen LogP contribution in [0.25, 0.3) is 0 Å². The number of H-pyrrole nitrogens is 1. The van der Waals surface area contributed by atoms with Gasteiger partial charge in [0.2, 0.25) is 0 Å². The zero-order valence-corrected chi connectivity index (χ0v) is 11.6. The van der Waals surface area contributed by atoms with Crippen molar-refractivity contribution in [3.8, 4) is 0 Å². The van der Waals surface area contributed by atoms with E-state index in [1.165, 1.54) is 0 Å². The average molecular weight is 309 g/mol. The number of nitrogens with one attached hydrogen (secondary N) is 2. The molecule has 1 aromatic heterocycles. The molecule has 2 N–H and O–H groups in total. The van der Waals surface area contributed by atoms with Crippen LogP contribution in [0.15, 0.2) is 30.5 Å². The Morgan fingerprint density at radius 1 is 1.32 bits per heavy atom. The Kier molecular flexibility index (Phi) is 3.64. The van der Waals surface area contributed by atoms with E-state index in [4.69, 9.17) is 0 Å². The Bertz CT molecular complexity index is 693. The minimum absolute atomic E-state index is 0.270. The Balaban J connectivity index is 1.83. The molecule has 0 saturated carbocycles. The molecular formula is C15H14F3N3O. The van der Waals surface area contributed by atoms with Gasteiger partial charge in [0.15, 0.2) is 5.69 Å². The molecule has 3 rings (SSSR count). The number of aromatic nitrogens is 2. The molecule has 0 bridgehead atoms. The highest BCUT2D eigenvalue weighted by molar-refractivity contribution is 5.95. The number of rotatable bonds is 2. The first-order valence-corrected chi connectivity index (χ1v) is 6.96. The van der Waals surface area contributed by atoms with Crippen LogP contribution in [0, 0.1) is 0 Å². The summed E-state index contributed by atoms with van der Waals surface area (Å²) in [6, 6.07) is 7.39. The first kappa shape index (κ1) is 14.6. The number of alkyl halides is 3. The van der Waals surface area contributed by atoms with Gasteiger partial charge in [-0.1, -0.05) is 24.3 Å². The van der Waals surface area contributed by atoms with Gasteiger partial charge in [0.1, 0.15) is 0 Å². The summed E-state index contributed by atoms with van der Waals surface area (Å²) in [5, 5.41) is 7.88. The summed E-state index contributed by atoms with van der Waals surface area (Å²) in [5.41, 5.74) is 0.506. The van der Waals surface area contributed by atoms with Gasteiger partial charge in [-0.2, -0.15) is 18.3 Å². The number of nitrogens with zero attached hydrogens (tertiary/aromatic N) is 1. The van der Waals surface area contributed by atoms with E-state index in [2.05, 4.69) is 10.4 Å². The standard InChI is InChI=1S/C15H14F3N3O/c16-15(17,18)13-11(8-19-21-13)14(22)20-12-7-3-5-9-4-1-2-6-10(9)12/h1-2,4,6,8,12H,3,5,7H2,(H,19,21)(H,20,22)/t12-/m0/s1. The molecule has 0 unspecified atom stereocenters. The SMILES string of the molecule is O=C(N[C@H]1CCCc2ccccc21)c1cn[nH]c1C(F)(F)F. The number of hydrogen-bond donors (Lipinski definition) is 2. The molecule has 1 atom stereocenters. The molecule has 22 heavy (non-hydrogen) atoms. The summed E-state index contributed by atoms with van der Waals surface area (Å²) in [6.45, 7) is 0. The van der Waals surface area contributed by atoms with E-state index in [9.17, 15) is 18.0 Å². The van der Waals surface area contributed by atoms with Crippen molar-refractivity contribution in [2.24, 2.45) is 0 Å². The highest BCUT2D eigenvalue weighted by Crippen LogP contribution is 2.32. The zero-order chi connectivity index (χ0) is 15.7. The number of benzene rings is 1. The maximum Gasteiger partial charge on any atom is 0.433 e. The van der Waals surface area contributed by atoms with E-state index in [1.54, 1.807) is 0 Å². The lowest BCUT2D eigenvalue weighted by Gasteiger charge is -2.26. The summed E-state index contributed by atoms with van der Waals surface area (Å²) in [5.74, 6) is -0.761. The number of aryl methyl sites for hydroxylation is 1. The fraction of sp³-hybridized carbons (Fsp3) is 0.333. The third-order valence-electron chi connectivity index (χ3n) is 3.84. The second-order valence-corrected chi connectivity index (χ2v) is 5.27. The number of carbonyl (C=O) groups is 1. The van der Waals surface area contributed by atoms with Crippen molar-refractivity contribution in [3.05, 3.63) is 52.8 Å². The van der Waals surface area contributed by atoms with Crippen molar-refractivity contribution in [1.29, 1.82) is 0 Å². The predicted molar refractivity (Wildman–Crippen MR) is 73.2 cm³/mol. The van der Waals surface area contributed by atoms with E-state index in [0.29, 0.717) is 6.42 Å². The number of carbonyl (C=O) groups excluding carboxylic acids is 1. The Morgan fingerprint density at radius 2 is 2.09 bits per heavy atom. The molecule has 4 nitrogen and oxygen atoms in total. The van der Waals surface area contributed by atoms with Crippen molar-refractivity contribution >= 4 is 5.91 Å². The zero-order valence-electron chi connectivity index (χ0n) is 11.6. The summed E-state index contributed by atoms with van der Waals surface area (Å²) in [7, 11) is 0. The van der Waals surface area contributed by atoms with Crippen LogP contribution in [0.5, 0.6) is 0 Å². The third-order valence-corrected chi connectivity index (χ3v) is 3.84. The van der Waals surface area contributed by atoms with Crippen LogP contribution in [0.1, 0.15) is 46.1 Å². The summed E-state index contributed by atoms with van der Waals surface area (Å²) < 4.78 is 38.4. The molecule has 116 valence electrons. The molecule has 7 heteroatoms. The number of halogens is 3. The van der Waals surface area contributed by atoms with E-state index >= 15 is 0 Å². The van der Waals surface area contributed by atoms with E-state index in [0.717, 1.165) is 30.2 Å². The lowest BCUT2D eigenvalue weighted by Crippen LogP contribution is -2.32. The molecule has 0 fully saturated rings. The lowest BCUT2D eigenvalue weighted by molar-refractivity contribution is -0.141. The van der Waals surface area contributed by atoms with Crippen LogP contribution in [0.2, 0.25) is 0 Å². The fourth-order valence-electron chi connectivity index (χ4n) is 2.81. The maximum absolute atomic E-state index is 12.8. The molecule has 1 aliphatic carbocycles. The highest BCUT2D eigenvalue weighted by atomic mass is 19.4. The predicted octanol–water partition coefficient (Wildman–Crippen LogP) is 3.24. The van der Waals surface area contributed by atoms with Gasteiger partial charge in [0.05, 0.1) is 17.8 Å². The average Bonchev–Trinajstić information content (AvgIpc) is 2.97. The van der Waals surface area contributed by atoms with E-state index in [1.807, 2.05) is 29.4 Å². The van der Waals surface area contributed by atoms with E-state index < -0.39 is 23.3 Å². The number of hydrogen-bond acceptors (Lipinski definition) is 2. The topological polar surface area (TPSA) is 57.8 Å². The third kappa shape index (κ3) is 2.70. The van der Waals surface area contributed by atoms with Crippen LogP contribution in [-0.4, -0.2) is 16.1 Å². The molecule has 1 aromatic carbocycles. The molecular weight excluding hydrogens is 295 g/mol. The monoisotopic (exact) mass is 309 g/mol. The molecule has 0 spiro atoms. The van der Waals surface area contributed by atoms with Gasteiger partial charge >= 0.3 is 6.18 Å². The van der Waals surface area contributed by atoms with Gasteiger partial charge in [0.25, 0.3) is 5.91 Å². The Labute approximate surface area is 124 Å². The van der Waals surface area contributed by atoms with Gasteiger partial charge < -0.3 is 5.32 Å². The molecule has 0 aliphatic heterocycles. The van der Waals surface area contributed by atoms with Crippen LogP contribution >= 0.6 is 0 Å². The minimum Gasteiger partial charge on any atom is -0.345 e. The van der Waals surface area contributed by atoms with Crippen LogP contribution < -0.4 is 5.32 Å². The van der Waals surface area contributed by atoms with Gasteiger partial charge in [-0.25, -0.2) is 0 Å². The fourth-order valence-corrected chi connectivity index (χ4v) is 2.81. The first-order valence-electron chi connectivity index (χ1n) is 6.96. The Hall–Kier alpha value is -2.31. The quantitative estimate of drug-likeness (QED) is 0.895. The molecule has 1 aliphatic rings.